The number of pyridine rings is 1. The van der Waals surface area contributed by atoms with Gasteiger partial charge in [-0.15, -0.1) is 0 Å². The molecule has 27 heavy (non-hydrogen) atoms. The second-order valence-corrected chi connectivity index (χ2v) is 6.83. The molecule has 0 bridgehead atoms. The number of aliphatic hydroxyl groups excluding tert-OH is 1. The molecule has 0 radical (unpaired) electrons. The monoisotopic (exact) mass is 402 g/mol. The van der Waals surface area contributed by atoms with Gasteiger partial charge in [0, 0.05) is 41.2 Å². The normalized spacial score (nSPS) is 10.6. The lowest BCUT2D eigenvalue weighted by atomic mass is 10.1. The maximum Gasteiger partial charge on any atom is 0.404 e. The van der Waals surface area contributed by atoms with Crippen molar-refractivity contribution in [3.8, 4) is 11.3 Å². The molecule has 0 aliphatic heterocycles. The van der Waals surface area contributed by atoms with Crippen LogP contribution in [0.4, 0.5) is 4.79 Å². The van der Waals surface area contributed by atoms with Crippen LogP contribution in [0.1, 0.15) is 11.1 Å². The molecule has 3 N–H and O–H groups in total. The summed E-state index contributed by atoms with van der Waals surface area (Å²) in [5.74, 6) is 0. The number of rotatable bonds is 6. The first-order valence-electron chi connectivity index (χ1n) is 7.86. The van der Waals surface area contributed by atoms with Crippen LogP contribution < -0.4 is 5.32 Å². The molecule has 3 rings (SSSR count). The van der Waals surface area contributed by atoms with Gasteiger partial charge in [0.25, 0.3) is 0 Å². The molecule has 0 unspecified atom stereocenters. The highest BCUT2D eigenvalue weighted by Crippen LogP contribution is 2.39. The molecule has 0 aliphatic rings. The van der Waals surface area contributed by atoms with Crippen LogP contribution in [-0.2, 0) is 13.2 Å². The van der Waals surface area contributed by atoms with Crippen LogP contribution >= 0.6 is 23.4 Å². The van der Waals surface area contributed by atoms with E-state index in [1.807, 2.05) is 6.07 Å². The van der Waals surface area contributed by atoms with Gasteiger partial charge in [-0.2, -0.15) is 0 Å². The summed E-state index contributed by atoms with van der Waals surface area (Å²) in [7, 11) is 0. The largest absolute Gasteiger partial charge is 0.465 e. The minimum absolute atomic E-state index is 0.0623. The first-order valence-corrected chi connectivity index (χ1v) is 9.06. The van der Waals surface area contributed by atoms with E-state index in [0.717, 1.165) is 5.56 Å². The molecule has 1 aromatic carbocycles. The van der Waals surface area contributed by atoms with Crippen LogP contribution in [0.5, 0.6) is 0 Å². The minimum atomic E-state index is -1.14. The van der Waals surface area contributed by atoms with Gasteiger partial charge < -0.3 is 15.5 Å². The Balaban J connectivity index is 2.04. The summed E-state index contributed by atoms with van der Waals surface area (Å²) in [5, 5.41) is 21.9. The van der Waals surface area contributed by atoms with Crippen LogP contribution in [0, 0.1) is 0 Å². The van der Waals surface area contributed by atoms with E-state index in [2.05, 4.69) is 20.3 Å². The fourth-order valence-electron chi connectivity index (χ4n) is 2.40. The van der Waals surface area contributed by atoms with Gasteiger partial charge in [0.1, 0.15) is 5.03 Å². The standard InChI is InChI=1S/C18H15ClN4O3S/c19-14-7-12(15-9-20-4-5-21-15)6-13(8-23-18(25)26)16(14)27-17-11(10-24)2-1-3-22-17/h1-7,9,23-24H,8,10H2,(H,25,26). The third kappa shape index (κ3) is 4.73. The van der Waals surface area contributed by atoms with E-state index >= 15 is 0 Å². The van der Waals surface area contributed by atoms with Gasteiger partial charge in [0.05, 0.1) is 23.5 Å². The van der Waals surface area contributed by atoms with E-state index in [4.69, 9.17) is 16.7 Å². The third-order valence-corrected chi connectivity index (χ3v) is 5.29. The number of carbonyl (C=O) groups is 1. The second-order valence-electron chi connectivity index (χ2n) is 5.42. The summed E-state index contributed by atoms with van der Waals surface area (Å²) in [5.41, 5.74) is 2.68. The van der Waals surface area contributed by atoms with Crippen molar-refractivity contribution in [3.05, 3.63) is 65.2 Å². The quantitative estimate of drug-likeness (QED) is 0.578. The Hall–Kier alpha value is -2.68. The van der Waals surface area contributed by atoms with E-state index in [0.29, 0.717) is 31.8 Å². The summed E-state index contributed by atoms with van der Waals surface area (Å²) in [4.78, 5) is 24.2. The van der Waals surface area contributed by atoms with Gasteiger partial charge in [0.15, 0.2) is 0 Å². The topological polar surface area (TPSA) is 108 Å². The molecular formula is C18H15ClN4O3S. The van der Waals surface area contributed by atoms with E-state index < -0.39 is 6.09 Å². The number of amides is 1. The SMILES string of the molecule is O=C(O)NCc1cc(-c2cnccn2)cc(Cl)c1Sc1ncccc1CO. The first-order chi connectivity index (χ1) is 13.1. The molecule has 9 heteroatoms. The predicted octanol–water partition coefficient (Wildman–Crippen LogP) is 3.60. The number of hydrogen-bond acceptors (Lipinski definition) is 6. The van der Waals surface area contributed by atoms with Gasteiger partial charge in [-0.05, 0) is 23.8 Å². The molecule has 0 aliphatic carbocycles. The van der Waals surface area contributed by atoms with Crippen LogP contribution in [-0.4, -0.2) is 31.3 Å². The summed E-state index contributed by atoms with van der Waals surface area (Å²) in [6.45, 7) is -0.0963. The van der Waals surface area contributed by atoms with Gasteiger partial charge in [-0.3, -0.25) is 9.97 Å². The smallest absolute Gasteiger partial charge is 0.404 e. The fourth-order valence-corrected chi connectivity index (χ4v) is 3.74. The van der Waals surface area contributed by atoms with Crippen LogP contribution in [0.15, 0.2) is 59.0 Å². The number of hydrogen-bond donors (Lipinski definition) is 3. The van der Waals surface area contributed by atoms with Crippen molar-refractivity contribution in [1.82, 2.24) is 20.3 Å². The number of aliphatic hydroxyl groups is 1. The highest BCUT2D eigenvalue weighted by molar-refractivity contribution is 7.99. The molecule has 0 saturated heterocycles. The molecule has 0 atom stereocenters. The number of aromatic nitrogens is 3. The number of nitrogens with zero attached hydrogens (tertiary/aromatic N) is 3. The maximum atomic E-state index is 11.0. The van der Waals surface area contributed by atoms with Crippen molar-refractivity contribution < 1.29 is 15.0 Å². The molecular weight excluding hydrogens is 388 g/mol. The van der Waals surface area contributed by atoms with Crippen molar-refractivity contribution >= 4 is 29.5 Å². The summed E-state index contributed by atoms with van der Waals surface area (Å²) in [6, 6.07) is 7.07. The molecule has 3 aromatic rings. The van der Waals surface area contributed by atoms with E-state index in [9.17, 15) is 9.90 Å². The Labute approximate surface area is 164 Å². The Morgan fingerprint density at radius 3 is 2.74 bits per heavy atom. The average Bonchev–Trinajstić information content (AvgIpc) is 2.69. The van der Waals surface area contributed by atoms with Gasteiger partial charge in [0.2, 0.25) is 0 Å². The number of nitrogens with one attached hydrogen (secondary N) is 1. The van der Waals surface area contributed by atoms with Crippen molar-refractivity contribution in [2.24, 2.45) is 0 Å². The zero-order chi connectivity index (χ0) is 19.2. The zero-order valence-electron chi connectivity index (χ0n) is 14.0. The van der Waals surface area contributed by atoms with Crippen molar-refractivity contribution in [1.29, 1.82) is 0 Å². The van der Waals surface area contributed by atoms with Crippen LogP contribution in [0.3, 0.4) is 0 Å². The van der Waals surface area contributed by atoms with Crippen LogP contribution in [0.25, 0.3) is 11.3 Å². The highest BCUT2D eigenvalue weighted by Gasteiger charge is 2.16. The molecule has 0 fully saturated rings. The lowest BCUT2D eigenvalue weighted by Gasteiger charge is -2.14. The lowest BCUT2D eigenvalue weighted by molar-refractivity contribution is 0.194. The number of benzene rings is 1. The molecule has 0 saturated carbocycles. The third-order valence-electron chi connectivity index (χ3n) is 3.63. The second kappa shape index (κ2) is 8.81. The number of carboxylic acid groups (broad SMARTS) is 1. The average molecular weight is 403 g/mol. The first kappa shape index (κ1) is 19.1. The molecule has 7 nitrogen and oxygen atoms in total. The van der Waals surface area contributed by atoms with Gasteiger partial charge in [-0.1, -0.05) is 29.4 Å². The summed E-state index contributed by atoms with van der Waals surface area (Å²) < 4.78 is 0. The maximum absolute atomic E-state index is 11.0. The molecule has 2 aromatic heterocycles. The van der Waals surface area contributed by atoms with Crippen molar-refractivity contribution in [2.75, 3.05) is 0 Å². The molecule has 138 valence electrons. The highest BCUT2D eigenvalue weighted by atomic mass is 35.5. The Kier molecular flexibility index (Phi) is 6.23. The van der Waals surface area contributed by atoms with Gasteiger partial charge >= 0.3 is 6.09 Å². The van der Waals surface area contributed by atoms with Crippen molar-refractivity contribution in [3.63, 3.8) is 0 Å². The van der Waals surface area contributed by atoms with Crippen LogP contribution in [0.2, 0.25) is 5.02 Å². The molecule has 0 spiro atoms. The summed E-state index contributed by atoms with van der Waals surface area (Å²) >= 11 is 7.79. The van der Waals surface area contributed by atoms with Gasteiger partial charge in [-0.25, -0.2) is 9.78 Å². The lowest BCUT2D eigenvalue weighted by Crippen LogP contribution is -2.20. The van der Waals surface area contributed by atoms with E-state index in [-0.39, 0.29) is 13.2 Å². The molecule has 1 amide bonds. The predicted molar refractivity (Wildman–Crippen MR) is 102 cm³/mol. The minimum Gasteiger partial charge on any atom is -0.465 e. The number of halogens is 1. The zero-order valence-corrected chi connectivity index (χ0v) is 15.5. The van der Waals surface area contributed by atoms with E-state index in [1.54, 1.807) is 43.0 Å². The summed E-state index contributed by atoms with van der Waals surface area (Å²) in [6.07, 6.45) is 5.23. The Morgan fingerprint density at radius 2 is 2.04 bits per heavy atom. The fraction of sp³-hybridized carbons (Fsp3) is 0.111. The van der Waals surface area contributed by atoms with Crippen molar-refractivity contribution in [2.45, 2.75) is 23.1 Å². The Bertz CT molecular complexity index is 957. The molecule has 2 heterocycles. The Morgan fingerprint density at radius 1 is 1.19 bits per heavy atom. The van der Waals surface area contributed by atoms with E-state index in [1.165, 1.54) is 11.8 Å².